The molecule has 5 aromatic rings. The summed E-state index contributed by atoms with van der Waals surface area (Å²) in [4.78, 5) is 0. The van der Waals surface area contributed by atoms with E-state index in [1.54, 1.807) is 7.11 Å². The summed E-state index contributed by atoms with van der Waals surface area (Å²) in [7, 11) is 1.75. The van der Waals surface area contributed by atoms with E-state index in [0.29, 0.717) is 38.1 Å². The third-order valence-corrected chi connectivity index (χ3v) is 9.18. The van der Waals surface area contributed by atoms with Crippen LogP contribution in [0, 0.1) is 12.8 Å². The van der Waals surface area contributed by atoms with Crippen LogP contribution < -0.4 is 18.9 Å². The van der Waals surface area contributed by atoms with Crippen molar-refractivity contribution in [3.63, 3.8) is 0 Å². The fourth-order valence-electron chi connectivity index (χ4n) is 5.82. The molecule has 62 heavy (non-hydrogen) atoms. The van der Waals surface area contributed by atoms with Crippen molar-refractivity contribution in [2.45, 2.75) is 127 Å². The molecule has 3 aliphatic heterocycles. The van der Waals surface area contributed by atoms with Crippen molar-refractivity contribution in [1.29, 1.82) is 0 Å². The molecule has 3 aliphatic rings. The summed E-state index contributed by atoms with van der Waals surface area (Å²) in [5.41, 5.74) is 5.24. The van der Waals surface area contributed by atoms with Crippen molar-refractivity contribution < 1.29 is 33.2 Å². The predicted octanol–water partition coefficient (Wildman–Crippen LogP) is 13.7. The van der Waals surface area contributed by atoms with Crippen LogP contribution in [0.1, 0.15) is 105 Å². The Balaban J connectivity index is 0.000000271. The molecule has 0 aliphatic carbocycles. The highest BCUT2D eigenvalue weighted by Crippen LogP contribution is 2.33. The van der Waals surface area contributed by atoms with Crippen LogP contribution in [0.5, 0.6) is 23.0 Å². The summed E-state index contributed by atoms with van der Waals surface area (Å²) in [5, 5.41) is 2.70. The molecule has 342 valence electrons. The fourth-order valence-corrected chi connectivity index (χ4v) is 5.82. The van der Waals surface area contributed by atoms with E-state index in [-0.39, 0.29) is 5.41 Å². The van der Waals surface area contributed by atoms with Crippen molar-refractivity contribution in [3.8, 4) is 23.0 Å². The zero-order chi connectivity index (χ0) is 45.9. The first-order valence-corrected chi connectivity index (χ1v) is 22.9. The number of epoxide rings is 3. The molecule has 0 N–H and O–H groups in total. The second-order valence-electron chi connectivity index (χ2n) is 16.3. The number of rotatable bonds is 12. The number of fused-ring (bicyclic) bond motifs is 1. The van der Waals surface area contributed by atoms with Gasteiger partial charge in [0.05, 0.1) is 26.9 Å². The van der Waals surface area contributed by atoms with Gasteiger partial charge in [0.15, 0.2) is 0 Å². The number of aryl methyl sites for hydroxylation is 3. The van der Waals surface area contributed by atoms with E-state index in [1.807, 2.05) is 101 Å². The standard InChI is InChI=1S/C15H18O.C13H18O2.C10H12O2.C9H10O2.C4H10.2C2H6/c1-4-11-10-15(16-3)12(5-2)14-9-7-6-8-13(11)14;1-13(2,3)11-6-4-5-7-12(11)15-9-10-8-14-10;1-8-4-2-3-5-10(8)12-7-9-6-11-9;1-2-4-8(5-3-1)10-6-9-7-11-9;1-4(2)3;2*1-2/h6-10H,4-5H2,1-3H3;4-7,10H,8-9H2,1-3H3;2-5,9H,6-7H2,1H3;1-5,9H,6-7H2;4H,1-3H3;2*1-2H3. The Morgan fingerprint density at radius 2 is 1.00 bits per heavy atom. The largest absolute Gasteiger partial charge is 0.496 e. The highest BCUT2D eigenvalue weighted by molar-refractivity contribution is 5.90. The van der Waals surface area contributed by atoms with Crippen molar-refractivity contribution >= 4 is 10.8 Å². The molecule has 7 heteroatoms. The lowest BCUT2D eigenvalue weighted by atomic mass is 9.86. The SMILES string of the molecule is CC.CC.CC(C)(C)c1ccccc1OCC1CO1.CC(C)C.CCc1cc(OC)c(CC)c2ccccc12.Cc1ccccc1OCC1CO1.c1ccc(OCC2CO2)cc1. The van der Waals surface area contributed by atoms with Crippen LogP contribution in [0.25, 0.3) is 10.8 Å². The molecule has 3 saturated heterocycles. The third-order valence-electron chi connectivity index (χ3n) is 9.18. The van der Waals surface area contributed by atoms with Gasteiger partial charge in [0.25, 0.3) is 0 Å². The van der Waals surface area contributed by atoms with Gasteiger partial charge in [0.1, 0.15) is 61.1 Å². The summed E-state index contributed by atoms with van der Waals surface area (Å²) >= 11 is 0. The quantitative estimate of drug-likeness (QED) is 0.116. The Morgan fingerprint density at radius 1 is 0.565 bits per heavy atom. The van der Waals surface area contributed by atoms with Crippen LogP contribution in [0.15, 0.2) is 109 Å². The fraction of sp³-hybridized carbons (Fsp3) is 0.491. The van der Waals surface area contributed by atoms with Gasteiger partial charge in [-0.15, -0.1) is 0 Å². The molecule has 0 bridgehead atoms. The lowest BCUT2D eigenvalue weighted by molar-refractivity contribution is 0.258. The van der Waals surface area contributed by atoms with E-state index in [1.165, 1.54) is 33.0 Å². The predicted molar refractivity (Wildman–Crippen MR) is 261 cm³/mol. The Kier molecular flexibility index (Phi) is 25.7. The number of hydrogen-bond donors (Lipinski definition) is 0. The van der Waals surface area contributed by atoms with E-state index < -0.39 is 0 Å². The highest BCUT2D eigenvalue weighted by atomic mass is 16.6. The molecule has 0 aromatic heterocycles. The Hall–Kier alpha value is -4.56. The van der Waals surface area contributed by atoms with Gasteiger partial charge in [-0.05, 0) is 88.9 Å². The van der Waals surface area contributed by atoms with Crippen LogP contribution in [0.2, 0.25) is 0 Å². The topological polar surface area (TPSA) is 74.5 Å². The molecule has 3 heterocycles. The molecule has 3 unspecified atom stereocenters. The summed E-state index contributed by atoms with van der Waals surface area (Å²) in [5.74, 6) is 4.73. The van der Waals surface area contributed by atoms with Crippen LogP contribution in [-0.4, -0.2) is 65.1 Å². The average Bonchev–Trinajstić information content (AvgIpc) is 4.14. The van der Waals surface area contributed by atoms with Gasteiger partial charge in [-0.3, -0.25) is 0 Å². The zero-order valence-corrected chi connectivity index (χ0v) is 40.7. The molecule has 0 amide bonds. The Labute approximate surface area is 376 Å². The van der Waals surface area contributed by atoms with Crippen LogP contribution >= 0.6 is 0 Å². The van der Waals surface area contributed by atoms with Crippen LogP contribution in [0.3, 0.4) is 0 Å². The average molecular weight is 853 g/mol. The lowest BCUT2D eigenvalue weighted by Gasteiger charge is -2.22. The molecule has 3 fully saturated rings. The zero-order valence-electron chi connectivity index (χ0n) is 40.7. The number of ether oxygens (including phenoxy) is 7. The maximum Gasteiger partial charge on any atom is 0.123 e. The summed E-state index contributed by atoms with van der Waals surface area (Å²) in [6.45, 7) is 32.1. The van der Waals surface area contributed by atoms with Gasteiger partial charge in [-0.2, -0.15) is 0 Å². The molecular formula is C55H80O7. The Morgan fingerprint density at radius 3 is 1.47 bits per heavy atom. The van der Waals surface area contributed by atoms with Crippen LogP contribution in [-0.2, 0) is 32.5 Å². The molecule has 0 saturated carbocycles. The minimum absolute atomic E-state index is 0.126. The number of hydrogen-bond acceptors (Lipinski definition) is 7. The van der Waals surface area contributed by atoms with E-state index in [9.17, 15) is 0 Å². The van der Waals surface area contributed by atoms with Gasteiger partial charge >= 0.3 is 0 Å². The van der Waals surface area contributed by atoms with Crippen molar-refractivity contribution in [2.24, 2.45) is 5.92 Å². The van der Waals surface area contributed by atoms with E-state index >= 15 is 0 Å². The number of benzene rings is 5. The lowest BCUT2D eigenvalue weighted by Crippen LogP contribution is -2.14. The molecule has 5 aromatic carbocycles. The minimum atomic E-state index is 0.126. The first-order valence-electron chi connectivity index (χ1n) is 22.9. The second kappa shape index (κ2) is 29.7. The Bertz CT molecular complexity index is 1900. The first-order chi connectivity index (χ1) is 29.9. The molecule has 3 atom stereocenters. The van der Waals surface area contributed by atoms with E-state index in [4.69, 9.17) is 33.2 Å². The minimum Gasteiger partial charge on any atom is -0.496 e. The monoisotopic (exact) mass is 853 g/mol. The maximum absolute atomic E-state index is 5.76. The maximum atomic E-state index is 5.76. The van der Waals surface area contributed by atoms with Crippen molar-refractivity contribution in [1.82, 2.24) is 0 Å². The van der Waals surface area contributed by atoms with Gasteiger partial charge in [-0.1, -0.05) is 162 Å². The molecular weight excluding hydrogens is 773 g/mol. The van der Waals surface area contributed by atoms with Crippen LogP contribution in [0.4, 0.5) is 0 Å². The summed E-state index contributed by atoms with van der Waals surface area (Å²) in [6, 6.07) is 36.8. The van der Waals surface area contributed by atoms with Gasteiger partial charge in [0, 0.05) is 5.56 Å². The van der Waals surface area contributed by atoms with Crippen molar-refractivity contribution in [3.05, 3.63) is 131 Å². The molecule has 0 spiro atoms. The normalized spacial score (nSPS) is 16.1. The number of methoxy groups -OCH3 is 1. The summed E-state index contributed by atoms with van der Waals surface area (Å²) in [6.07, 6.45) is 3.05. The molecule has 8 rings (SSSR count). The third kappa shape index (κ3) is 21.0. The van der Waals surface area contributed by atoms with Crippen molar-refractivity contribution in [2.75, 3.05) is 46.8 Å². The second-order valence-corrected chi connectivity index (χ2v) is 16.3. The highest BCUT2D eigenvalue weighted by Gasteiger charge is 2.25. The smallest absolute Gasteiger partial charge is 0.123 e. The summed E-state index contributed by atoms with van der Waals surface area (Å²) < 4.78 is 37.4. The van der Waals surface area contributed by atoms with Gasteiger partial charge in [0.2, 0.25) is 0 Å². The first kappa shape index (κ1) is 53.6. The van der Waals surface area contributed by atoms with Gasteiger partial charge < -0.3 is 33.2 Å². The van der Waals surface area contributed by atoms with E-state index in [2.05, 4.69) is 97.9 Å². The number of para-hydroxylation sites is 3. The van der Waals surface area contributed by atoms with E-state index in [0.717, 1.165) is 61.6 Å². The molecule has 0 radical (unpaired) electrons. The molecule has 7 nitrogen and oxygen atoms in total. The van der Waals surface area contributed by atoms with Gasteiger partial charge in [-0.25, -0.2) is 0 Å².